The molecule has 1 aliphatic heterocycles. The van der Waals surface area contributed by atoms with Crippen molar-refractivity contribution in [3.63, 3.8) is 0 Å². The molecule has 2 aromatic carbocycles. The Hall–Kier alpha value is -2.40. The second-order valence-corrected chi connectivity index (χ2v) is 6.97. The van der Waals surface area contributed by atoms with Gasteiger partial charge in [-0.05, 0) is 55.2 Å². The van der Waals surface area contributed by atoms with Crippen molar-refractivity contribution >= 4 is 28.8 Å². The molecule has 4 nitrogen and oxygen atoms in total. The first kappa shape index (κ1) is 16.1. The molecular weight excluding hydrogens is 330 g/mol. The molecule has 0 unspecified atom stereocenters. The lowest BCUT2D eigenvalue weighted by molar-refractivity contribution is 0.578. The zero-order chi connectivity index (χ0) is 17.2. The maximum Gasteiger partial charge on any atom is 0.262 e. The Kier molecular flexibility index (Phi) is 4.40. The molecule has 0 aliphatic carbocycles. The van der Waals surface area contributed by atoms with Crippen LogP contribution in [0.3, 0.4) is 0 Å². The molecule has 1 fully saturated rings. The van der Waals surface area contributed by atoms with Gasteiger partial charge in [0.15, 0.2) is 4.77 Å². The number of piperidine rings is 1. The van der Waals surface area contributed by atoms with Gasteiger partial charge < -0.3 is 9.88 Å². The number of H-pyrrole nitrogens is 1. The van der Waals surface area contributed by atoms with Gasteiger partial charge in [-0.3, -0.25) is 9.36 Å². The van der Waals surface area contributed by atoms with E-state index in [2.05, 4.69) is 16.0 Å². The summed E-state index contributed by atoms with van der Waals surface area (Å²) in [7, 11) is 0. The fraction of sp³-hybridized carbons (Fsp3) is 0.300. The summed E-state index contributed by atoms with van der Waals surface area (Å²) in [6.07, 6.45) is 3.72. The molecule has 1 saturated heterocycles. The van der Waals surface area contributed by atoms with E-state index in [4.69, 9.17) is 12.2 Å². The first-order valence-corrected chi connectivity index (χ1v) is 9.19. The molecule has 4 rings (SSSR count). The largest absolute Gasteiger partial charge is 0.372 e. The van der Waals surface area contributed by atoms with Crippen molar-refractivity contribution in [2.75, 3.05) is 18.0 Å². The molecule has 0 spiro atoms. The van der Waals surface area contributed by atoms with Gasteiger partial charge >= 0.3 is 0 Å². The number of aromatic nitrogens is 2. The lowest BCUT2D eigenvalue weighted by Crippen LogP contribution is -2.29. The first-order chi connectivity index (χ1) is 12.2. The predicted octanol–water partition coefficient (Wildman–Crippen LogP) is 4.10. The van der Waals surface area contributed by atoms with E-state index in [1.807, 2.05) is 42.5 Å². The molecule has 0 amide bonds. The molecule has 3 aromatic rings. The van der Waals surface area contributed by atoms with Gasteiger partial charge in [0.05, 0.1) is 17.4 Å². The van der Waals surface area contributed by atoms with E-state index in [1.54, 1.807) is 4.57 Å². The van der Waals surface area contributed by atoms with Gasteiger partial charge in [0.2, 0.25) is 0 Å². The van der Waals surface area contributed by atoms with Gasteiger partial charge in [0.25, 0.3) is 5.56 Å². The van der Waals surface area contributed by atoms with Crippen molar-refractivity contribution in [1.82, 2.24) is 9.55 Å². The number of rotatable bonds is 3. The van der Waals surface area contributed by atoms with E-state index in [0.717, 1.165) is 29.9 Å². The normalized spacial score (nSPS) is 14.8. The average molecular weight is 351 g/mol. The molecule has 5 heteroatoms. The number of aromatic amines is 1. The molecule has 128 valence electrons. The molecular formula is C20H21N3OS. The number of hydrogen-bond donors (Lipinski definition) is 1. The van der Waals surface area contributed by atoms with Crippen LogP contribution in [0, 0.1) is 4.77 Å². The zero-order valence-corrected chi connectivity index (χ0v) is 14.9. The number of hydrogen-bond acceptors (Lipinski definition) is 3. The van der Waals surface area contributed by atoms with Crippen LogP contribution in [-0.4, -0.2) is 22.6 Å². The highest BCUT2D eigenvalue weighted by Crippen LogP contribution is 2.22. The van der Waals surface area contributed by atoms with Crippen LogP contribution in [0.25, 0.3) is 10.9 Å². The second kappa shape index (κ2) is 6.84. The lowest BCUT2D eigenvalue weighted by Gasteiger charge is -2.29. The third-order valence-corrected chi connectivity index (χ3v) is 5.19. The molecule has 1 aromatic heterocycles. The maximum atomic E-state index is 13.0. The summed E-state index contributed by atoms with van der Waals surface area (Å²) in [6, 6.07) is 16.0. The highest BCUT2D eigenvalue weighted by Gasteiger charge is 2.13. The summed E-state index contributed by atoms with van der Waals surface area (Å²) < 4.78 is 2.11. The Bertz CT molecular complexity index is 1000. The predicted molar refractivity (Wildman–Crippen MR) is 105 cm³/mol. The monoisotopic (exact) mass is 351 g/mol. The highest BCUT2D eigenvalue weighted by molar-refractivity contribution is 7.71. The Labute approximate surface area is 151 Å². The number of benzene rings is 2. The van der Waals surface area contributed by atoms with Crippen molar-refractivity contribution in [3.8, 4) is 0 Å². The molecule has 1 aliphatic rings. The SMILES string of the molecule is O=c1c2cc(N3CCCCC3)ccc2[nH]c(=S)n1Cc1ccccc1. The minimum absolute atomic E-state index is 0.0264. The van der Waals surface area contributed by atoms with Crippen LogP contribution in [0.2, 0.25) is 0 Å². The molecule has 25 heavy (non-hydrogen) atoms. The van der Waals surface area contributed by atoms with E-state index in [1.165, 1.54) is 19.3 Å². The van der Waals surface area contributed by atoms with Crippen LogP contribution >= 0.6 is 12.2 Å². The summed E-state index contributed by atoms with van der Waals surface area (Å²) >= 11 is 5.42. The number of fused-ring (bicyclic) bond motifs is 1. The lowest BCUT2D eigenvalue weighted by atomic mass is 10.1. The molecule has 2 heterocycles. The fourth-order valence-corrected chi connectivity index (χ4v) is 3.75. The van der Waals surface area contributed by atoms with Crippen LogP contribution in [0.1, 0.15) is 24.8 Å². The molecule has 0 bridgehead atoms. The standard InChI is InChI=1S/C20H21N3OS/c24-19-17-13-16(22-11-5-2-6-12-22)9-10-18(17)21-20(25)23(19)14-15-7-3-1-4-8-15/h1,3-4,7-10,13H,2,5-6,11-12,14H2,(H,21,25). The zero-order valence-electron chi connectivity index (χ0n) is 14.1. The van der Waals surface area contributed by atoms with Crippen LogP contribution < -0.4 is 10.5 Å². The van der Waals surface area contributed by atoms with Gasteiger partial charge in [-0.25, -0.2) is 0 Å². The summed E-state index contributed by atoms with van der Waals surface area (Å²) in [5.41, 5.74) is 2.97. The van der Waals surface area contributed by atoms with E-state index < -0.39 is 0 Å². The Morgan fingerprint density at radius 3 is 2.52 bits per heavy atom. The fourth-order valence-electron chi connectivity index (χ4n) is 3.50. The third-order valence-electron chi connectivity index (χ3n) is 4.87. The number of nitrogens with one attached hydrogen (secondary N) is 1. The molecule has 1 N–H and O–H groups in total. The number of anilines is 1. The summed E-state index contributed by atoms with van der Waals surface area (Å²) in [6.45, 7) is 2.61. The van der Waals surface area contributed by atoms with Crippen LogP contribution in [0.4, 0.5) is 5.69 Å². The van der Waals surface area contributed by atoms with Crippen molar-refractivity contribution in [2.45, 2.75) is 25.8 Å². The molecule has 0 radical (unpaired) electrons. The van der Waals surface area contributed by atoms with Crippen molar-refractivity contribution in [1.29, 1.82) is 0 Å². The molecule has 0 saturated carbocycles. The van der Waals surface area contributed by atoms with Gasteiger partial charge in [0, 0.05) is 18.8 Å². The van der Waals surface area contributed by atoms with Crippen LogP contribution in [0.5, 0.6) is 0 Å². The van der Waals surface area contributed by atoms with Crippen molar-refractivity contribution in [3.05, 3.63) is 69.2 Å². The van der Waals surface area contributed by atoms with Crippen LogP contribution in [-0.2, 0) is 6.54 Å². The Morgan fingerprint density at radius 2 is 1.76 bits per heavy atom. The number of nitrogens with zero attached hydrogens (tertiary/aromatic N) is 2. The maximum absolute atomic E-state index is 13.0. The smallest absolute Gasteiger partial charge is 0.262 e. The van der Waals surface area contributed by atoms with Gasteiger partial charge in [-0.1, -0.05) is 30.3 Å². The van der Waals surface area contributed by atoms with E-state index in [-0.39, 0.29) is 5.56 Å². The van der Waals surface area contributed by atoms with E-state index in [9.17, 15) is 4.79 Å². The first-order valence-electron chi connectivity index (χ1n) is 8.78. The minimum atomic E-state index is -0.0264. The van der Waals surface area contributed by atoms with Crippen molar-refractivity contribution < 1.29 is 0 Å². The average Bonchev–Trinajstić information content (AvgIpc) is 2.66. The summed E-state index contributed by atoms with van der Waals surface area (Å²) in [4.78, 5) is 18.6. The van der Waals surface area contributed by atoms with Gasteiger partial charge in [-0.2, -0.15) is 0 Å². The molecule has 0 atom stereocenters. The Balaban J connectivity index is 1.79. The Morgan fingerprint density at radius 1 is 1.00 bits per heavy atom. The van der Waals surface area contributed by atoms with Gasteiger partial charge in [0.1, 0.15) is 0 Å². The quantitative estimate of drug-likeness (QED) is 0.723. The van der Waals surface area contributed by atoms with Crippen LogP contribution in [0.15, 0.2) is 53.3 Å². The third kappa shape index (κ3) is 3.24. The van der Waals surface area contributed by atoms with E-state index >= 15 is 0 Å². The van der Waals surface area contributed by atoms with Gasteiger partial charge in [-0.15, -0.1) is 0 Å². The second-order valence-electron chi connectivity index (χ2n) is 6.58. The summed E-state index contributed by atoms with van der Waals surface area (Å²) in [5, 5.41) is 0.701. The van der Waals surface area contributed by atoms with Crippen molar-refractivity contribution in [2.24, 2.45) is 0 Å². The topological polar surface area (TPSA) is 41.0 Å². The minimum Gasteiger partial charge on any atom is -0.372 e. The summed E-state index contributed by atoms with van der Waals surface area (Å²) in [5.74, 6) is 0. The highest BCUT2D eigenvalue weighted by atomic mass is 32.1. The van der Waals surface area contributed by atoms with E-state index in [0.29, 0.717) is 16.7 Å².